The molecule has 0 aliphatic carbocycles. The van der Waals surface area contributed by atoms with Gasteiger partial charge in [-0.05, 0) is 23.6 Å². The van der Waals surface area contributed by atoms with Crippen molar-refractivity contribution in [2.24, 2.45) is 0 Å². The summed E-state index contributed by atoms with van der Waals surface area (Å²) < 4.78 is 2.06. The minimum absolute atomic E-state index is 0.543. The third-order valence-electron chi connectivity index (χ3n) is 2.89. The molecule has 1 aromatic heterocycles. The molecular weight excluding hydrogens is 254 g/mol. The Bertz CT molecular complexity index is 564. The third-order valence-corrected chi connectivity index (χ3v) is 3.86. The zero-order valence-corrected chi connectivity index (χ0v) is 12.0. The van der Waals surface area contributed by atoms with Gasteiger partial charge in [-0.15, -0.1) is 0 Å². The molecule has 3 nitrogen and oxygen atoms in total. The Labute approximate surface area is 118 Å². The zero-order valence-electron chi connectivity index (χ0n) is 11.2. The molecule has 0 aliphatic heterocycles. The molecule has 0 saturated heterocycles. The Morgan fingerprint density at radius 2 is 2.05 bits per heavy atom. The number of hydrogen-bond acceptors (Lipinski definition) is 3. The van der Waals surface area contributed by atoms with Crippen molar-refractivity contribution in [1.82, 2.24) is 9.55 Å². The summed E-state index contributed by atoms with van der Waals surface area (Å²) in [5.41, 5.74) is 2.45. The highest BCUT2D eigenvalue weighted by atomic mass is 32.2. The van der Waals surface area contributed by atoms with Crippen LogP contribution in [0.1, 0.15) is 31.7 Å². The van der Waals surface area contributed by atoms with Crippen LogP contribution >= 0.6 is 11.8 Å². The summed E-state index contributed by atoms with van der Waals surface area (Å²) in [6.07, 6.45) is 4.30. The van der Waals surface area contributed by atoms with Gasteiger partial charge in [0.2, 0.25) is 0 Å². The van der Waals surface area contributed by atoms with Gasteiger partial charge in [0.15, 0.2) is 5.16 Å². The molecule has 0 fully saturated rings. The maximum Gasteiger partial charge on any atom is 0.172 e. The van der Waals surface area contributed by atoms with Crippen LogP contribution in [0.4, 0.5) is 0 Å². The average molecular weight is 271 g/mol. The molecule has 0 saturated carbocycles. The number of nitrogens with zero attached hydrogens (tertiary/aromatic N) is 3. The van der Waals surface area contributed by atoms with Gasteiger partial charge in [-0.3, -0.25) is 4.57 Å². The molecule has 4 heteroatoms. The van der Waals surface area contributed by atoms with Crippen LogP contribution < -0.4 is 0 Å². The topological polar surface area (TPSA) is 41.6 Å². The Morgan fingerprint density at radius 1 is 1.32 bits per heavy atom. The Balaban J connectivity index is 2.17. The number of imidazole rings is 1. The SMILES string of the molecule is CC(C)c1ccc(-n2ccnc2SCCC#N)cc1. The van der Waals surface area contributed by atoms with E-state index >= 15 is 0 Å². The van der Waals surface area contributed by atoms with Gasteiger partial charge in [-0.25, -0.2) is 4.98 Å². The first kappa shape index (κ1) is 13.7. The highest BCUT2D eigenvalue weighted by Crippen LogP contribution is 2.22. The van der Waals surface area contributed by atoms with E-state index in [1.807, 2.05) is 6.20 Å². The van der Waals surface area contributed by atoms with Gasteiger partial charge < -0.3 is 0 Å². The van der Waals surface area contributed by atoms with Crippen molar-refractivity contribution in [2.75, 3.05) is 5.75 Å². The van der Waals surface area contributed by atoms with Crippen LogP contribution in [-0.4, -0.2) is 15.3 Å². The van der Waals surface area contributed by atoms with Crippen molar-refractivity contribution in [3.05, 3.63) is 42.2 Å². The lowest BCUT2D eigenvalue weighted by molar-refractivity contribution is 0.858. The summed E-state index contributed by atoms with van der Waals surface area (Å²) >= 11 is 1.61. The fraction of sp³-hybridized carbons (Fsp3) is 0.333. The standard InChI is InChI=1S/C15H17N3S/c1-12(2)13-4-6-14(7-5-13)18-10-9-17-15(18)19-11-3-8-16/h4-7,9-10,12H,3,11H2,1-2H3. The maximum absolute atomic E-state index is 8.57. The van der Waals surface area contributed by atoms with Crippen LogP contribution in [0.15, 0.2) is 41.8 Å². The quantitative estimate of drug-likeness (QED) is 0.609. The summed E-state index contributed by atoms with van der Waals surface area (Å²) in [6, 6.07) is 10.7. The Kier molecular flexibility index (Phi) is 4.64. The molecule has 2 aromatic rings. The zero-order chi connectivity index (χ0) is 13.7. The third kappa shape index (κ3) is 3.39. The van der Waals surface area contributed by atoms with E-state index in [0.29, 0.717) is 12.3 Å². The van der Waals surface area contributed by atoms with Crippen LogP contribution in [0.5, 0.6) is 0 Å². The normalized spacial score (nSPS) is 10.6. The van der Waals surface area contributed by atoms with E-state index in [2.05, 4.69) is 53.7 Å². The first-order valence-electron chi connectivity index (χ1n) is 6.36. The van der Waals surface area contributed by atoms with Gasteiger partial charge in [-0.2, -0.15) is 5.26 Å². The maximum atomic E-state index is 8.57. The number of nitriles is 1. The molecule has 0 unspecified atom stereocenters. The lowest BCUT2D eigenvalue weighted by atomic mass is 10.0. The van der Waals surface area contributed by atoms with E-state index in [1.54, 1.807) is 18.0 Å². The van der Waals surface area contributed by atoms with Gasteiger partial charge in [0.05, 0.1) is 6.07 Å². The minimum atomic E-state index is 0.543. The molecule has 19 heavy (non-hydrogen) atoms. The van der Waals surface area contributed by atoms with E-state index in [0.717, 1.165) is 16.6 Å². The van der Waals surface area contributed by atoms with Crippen LogP contribution in [0.25, 0.3) is 5.69 Å². The van der Waals surface area contributed by atoms with Crippen LogP contribution in [0, 0.1) is 11.3 Å². The molecule has 0 aliphatic rings. The molecule has 0 radical (unpaired) electrons. The summed E-state index contributed by atoms with van der Waals surface area (Å²) in [6.45, 7) is 4.38. The largest absolute Gasteiger partial charge is 0.295 e. The second-order valence-corrected chi connectivity index (χ2v) is 5.64. The molecule has 2 rings (SSSR count). The van der Waals surface area contributed by atoms with Crippen LogP contribution in [0.2, 0.25) is 0 Å². The predicted octanol–water partition coefficient (Wildman–Crippen LogP) is 4.00. The van der Waals surface area contributed by atoms with Crippen molar-refractivity contribution in [1.29, 1.82) is 5.26 Å². The molecule has 0 bridgehead atoms. The van der Waals surface area contributed by atoms with Crippen LogP contribution in [-0.2, 0) is 0 Å². The van der Waals surface area contributed by atoms with Crippen molar-refractivity contribution in [2.45, 2.75) is 31.3 Å². The smallest absolute Gasteiger partial charge is 0.172 e. The molecule has 1 aromatic carbocycles. The van der Waals surface area contributed by atoms with E-state index in [1.165, 1.54) is 5.56 Å². The van der Waals surface area contributed by atoms with Crippen molar-refractivity contribution in [3.63, 3.8) is 0 Å². The van der Waals surface area contributed by atoms with Crippen molar-refractivity contribution in [3.8, 4) is 11.8 Å². The second-order valence-electron chi connectivity index (χ2n) is 4.58. The first-order valence-corrected chi connectivity index (χ1v) is 7.34. The van der Waals surface area contributed by atoms with Gasteiger partial charge in [-0.1, -0.05) is 37.7 Å². The number of thioether (sulfide) groups is 1. The molecule has 98 valence electrons. The van der Waals surface area contributed by atoms with Crippen molar-refractivity contribution >= 4 is 11.8 Å². The average Bonchev–Trinajstić information content (AvgIpc) is 2.87. The molecule has 0 spiro atoms. The fourth-order valence-corrected chi connectivity index (χ4v) is 2.62. The monoisotopic (exact) mass is 271 g/mol. The second kappa shape index (κ2) is 6.44. The highest BCUT2D eigenvalue weighted by molar-refractivity contribution is 7.99. The molecule has 1 heterocycles. The Hall–Kier alpha value is -1.73. The van der Waals surface area contributed by atoms with E-state index in [4.69, 9.17) is 5.26 Å². The first-order chi connectivity index (χ1) is 9.22. The Morgan fingerprint density at radius 3 is 2.68 bits per heavy atom. The summed E-state index contributed by atoms with van der Waals surface area (Å²) in [4.78, 5) is 4.34. The summed E-state index contributed by atoms with van der Waals surface area (Å²) in [5, 5.41) is 9.51. The molecular formula is C15H17N3S. The van der Waals surface area contributed by atoms with E-state index < -0.39 is 0 Å². The highest BCUT2D eigenvalue weighted by Gasteiger charge is 2.06. The van der Waals surface area contributed by atoms with E-state index in [-0.39, 0.29) is 0 Å². The number of hydrogen-bond donors (Lipinski definition) is 0. The van der Waals surface area contributed by atoms with Crippen molar-refractivity contribution < 1.29 is 0 Å². The lowest BCUT2D eigenvalue weighted by Gasteiger charge is -2.09. The predicted molar refractivity (Wildman–Crippen MR) is 78.6 cm³/mol. The molecule has 0 amide bonds. The molecule has 0 atom stereocenters. The molecule has 0 N–H and O–H groups in total. The minimum Gasteiger partial charge on any atom is -0.295 e. The number of rotatable bonds is 5. The van der Waals surface area contributed by atoms with E-state index in [9.17, 15) is 0 Å². The summed E-state index contributed by atoms with van der Waals surface area (Å²) in [7, 11) is 0. The number of aromatic nitrogens is 2. The summed E-state index contributed by atoms with van der Waals surface area (Å²) in [5.74, 6) is 1.32. The van der Waals surface area contributed by atoms with Gasteiger partial charge in [0.25, 0.3) is 0 Å². The van der Waals surface area contributed by atoms with Crippen LogP contribution in [0.3, 0.4) is 0 Å². The lowest BCUT2D eigenvalue weighted by Crippen LogP contribution is -1.96. The van der Waals surface area contributed by atoms with Gasteiger partial charge in [0.1, 0.15) is 0 Å². The van der Waals surface area contributed by atoms with Gasteiger partial charge in [0, 0.05) is 30.3 Å². The number of benzene rings is 1. The van der Waals surface area contributed by atoms with Gasteiger partial charge >= 0.3 is 0 Å². The fourth-order valence-electron chi connectivity index (χ4n) is 1.80.